The maximum Gasteiger partial charge on any atom is 0.264 e. The Morgan fingerprint density at radius 2 is 1.57 bits per heavy atom. The number of fused-ring (bicyclic) bond motifs is 2. The second kappa shape index (κ2) is 14.7. The lowest BCUT2D eigenvalue weighted by atomic mass is 9.82. The zero-order valence-electron chi connectivity index (χ0n) is 27.7. The van der Waals surface area contributed by atoms with E-state index in [9.17, 15) is 39.6 Å². The molecule has 3 aromatic carbocycles. The molecular weight excluding hydrogens is 628 g/mol. The van der Waals surface area contributed by atoms with Crippen LogP contribution in [0, 0.1) is 5.92 Å². The van der Waals surface area contributed by atoms with E-state index >= 15 is 0 Å². The van der Waals surface area contributed by atoms with Crippen LogP contribution >= 0.6 is 0 Å². The van der Waals surface area contributed by atoms with Crippen molar-refractivity contribution in [1.29, 1.82) is 0 Å². The maximum absolute atomic E-state index is 14.2. The molecule has 3 aromatic rings. The molecule has 2 heterocycles. The zero-order valence-corrected chi connectivity index (χ0v) is 27.7. The summed E-state index contributed by atoms with van der Waals surface area (Å²) in [4.78, 5) is 54.9. The highest BCUT2D eigenvalue weighted by molar-refractivity contribution is 6.08. The number of rotatable bonds is 11. The zero-order chi connectivity index (χ0) is 35.5. The number of hydrogen-bond donors (Lipinski definition) is 6. The standard InChI is InChI=1S/C37H42N4O8/c1-22(8-6-13-33(45)40-20-27-11-5-4-10-26(27)17-30(40)21-42)37(49)31-18-29(39-35(47)24(3)44)14-15-32(31)41(36(37)48)19-25-9-7-12-28(16-25)38-34(46)23(2)43/h4-12,14-16,18,22-24,30,42-44,49H,13,17,19-21H2,1-3H3,(H,38,46)(H,39,47)/b8-6+/t22-,23+,24+,30+,37+/m1/s1. The molecule has 0 saturated heterocycles. The highest BCUT2D eigenvalue weighted by atomic mass is 16.3. The van der Waals surface area contributed by atoms with Gasteiger partial charge >= 0.3 is 0 Å². The molecule has 12 nitrogen and oxygen atoms in total. The highest BCUT2D eigenvalue weighted by Crippen LogP contribution is 2.47. The third-order valence-corrected chi connectivity index (χ3v) is 9.09. The SMILES string of the molecule is C[C@H](O)C(=O)Nc1cccc(CN2C(=O)[C@](O)([C@H](C)/C=C/CC(=O)N3Cc4ccccc4C[C@H]3CO)c3cc(NC(=O)[C@H](C)O)ccc32)c1. The number of nitrogens with zero attached hydrogens (tertiary/aromatic N) is 2. The van der Waals surface area contributed by atoms with Gasteiger partial charge in [0.15, 0.2) is 5.60 Å². The average Bonchev–Trinajstić information content (AvgIpc) is 3.29. The minimum Gasteiger partial charge on any atom is -0.394 e. The number of aliphatic hydroxyl groups excluding tert-OH is 3. The van der Waals surface area contributed by atoms with Crippen LogP contribution in [-0.2, 0) is 44.3 Å². The van der Waals surface area contributed by atoms with E-state index in [4.69, 9.17) is 0 Å². The second-order valence-electron chi connectivity index (χ2n) is 12.7. The van der Waals surface area contributed by atoms with Crippen LogP contribution in [0.15, 0.2) is 78.9 Å². The Morgan fingerprint density at radius 1 is 0.918 bits per heavy atom. The summed E-state index contributed by atoms with van der Waals surface area (Å²) in [5.41, 5.74) is 1.99. The average molecular weight is 671 g/mol. The van der Waals surface area contributed by atoms with Gasteiger partial charge in [0.05, 0.1) is 24.9 Å². The van der Waals surface area contributed by atoms with Gasteiger partial charge in [0.25, 0.3) is 17.7 Å². The van der Waals surface area contributed by atoms with Gasteiger partial charge in [0.1, 0.15) is 12.2 Å². The van der Waals surface area contributed by atoms with Crippen molar-refractivity contribution in [2.24, 2.45) is 5.92 Å². The number of anilines is 3. The lowest BCUT2D eigenvalue weighted by molar-refractivity contribution is -0.139. The summed E-state index contributed by atoms with van der Waals surface area (Å²) < 4.78 is 0. The minimum atomic E-state index is -2.09. The fourth-order valence-corrected chi connectivity index (χ4v) is 6.28. The predicted molar refractivity (Wildman–Crippen MR) is 183 cm³/mol. The van der Waals surface area contributed by atoms with E-state index in [-0.39, 0.29) is 42.8 Å². The topological polar surface area (TPSA) is 180 Å². The molecule has 0 aromatic heterocycles. The largest absolute Gasteiger partial charge is 0.394 e. The molecule has 49 heavy (non-hydrogen) atoms. The van der Waals surface area contributed by atoms with Gasteiger partial charge in [-0.3, -0.25) is 19.2 Å². The van der Waals surface area contributed by atoms with Crippen molar-refractivity contribution in [2.45, 2.75) is 70.6 Å². The Balaban J connectivity index is 1.40. The molecule has 0 radical (unpaired) electrons. The van der Waals surface area contributed by atoms with Crippen LogP contribution in [0.1, 0.15) is 49.4 Å². The first-order valence-corrected chi connectivity index (χ1v) is 16.2. The fourth-order valence-electron chi connectivity index (χ4n) is 6.28. The van der Waals surface area contributed by atoms with E-state index in [1.807, 2.05) is 24.3 Å². The summed E-state index contributed by atoms with van der Waals surface area (Å²) in [5, 5.41) is 46.7. The molecule has 0 aliphatic carbocycles. The Labute approximate surface area is 284 Å². The summed E-state index contributed by atoms with van der Waals surface area (Å²) in [7, 11) is 0. The molecule has 5 atom stereocenters. The first kappa shape index (κ1) is 35.4. The number of carbonyl (C=O) groups is 4. The summed E-state index contributed by atoms with van der Waals surface area (Å²) in [6.45, 7) is 4.56. The molecule has 0 fully saturated rings. The Hall–Kier alpha value is -4.88. The van der Waals surface area contributed by atoms with Crippen LogP contribution in [-0.4, -0.2) is 73.8 Å². The fraction of sp³-hybridized carbons (Fsp3) is 0.351. The van der Waals surface area contributed by atoms with Crippen molar-refractivity contribution in [2.75, 3.05) is 22.1 Å². The highest BCUT2D eigenvalue weighted by Gasteiger charge is 2.52. The van der Waals surface area contributed by atoms with Crippen LogP contribution in [0.2, 0.25) is 0 Å². The molecule has 0 unspecified atom stereocenters. The number of benzene rings is 3. The summed E-state index contributed by atoms with van der Waals surface area (Å²) in [6.07, 6.45) is 1.25. The van der Waals surface area contributed by atoms with Gasteiger partial charge in [0.2, 0.25) is 5.91 Å². The van der Waals surface area contributed by atoms with Crippen molar-refractivity contribution in [3.63, 3.8) is 0 Å². The number of amides is 4. The number of aliphatic hydroxyl groups is 4. The van der Waals surface area contributed by atoms with Crippen molar-refractivity contribution < 1.29 is 39.6 Å². The number of nitrogens with one attached hydrogen (secondary N) is 2. The molecule has 0 bridgehead atoms. The van der Waals surface area contributed by atoms with Gasteiger partial charge in [-0.2, -0.15) is 0 Å². The molecule has 258 valence electrons. The van der Waals surface area contributed by atoms with Crippen LogP contribution in [0.5, 0.6) is 0 Å². The van der Waals surface area contributed by atoms with Crippen LogP contribution in [0.3, 0.4) is 0 Å². The second-order valence-corrected chi connectivity index (χ2v) is 12.7. The van der Waals surface area contributed by atoms with Gasteiger partial charge in [0, 0.05) is 35.8 Å². The van der Waals surface area contributed by atoms with E-state index in [1.54, 1.807) is 60.4 Å². The molecular formula is C37H42N4O8. The minimum absolute atomic E-state index is 0.0146. The van der Waals surface area contributed by atoms with Gasteiger partial charge in [-0.15, -0.1) is 0 Å². The normalized spacial score (nSPS) is 20.4. The van der Waals surface area contributed by atoms with E-state index in [0.717, 1.165) is 11.1 Å². The Bertz CT molecular complexity index is 1770. The van der Waals surface area contributed by atoms with E-state index in [1.165, 1.54) is 24.8 Å². The first-order valence-electron chi connectivity index (χ1n) is 16.2. The predicted octanol–water partition coefficient (Wildman–Crippen LogP) is 2.59. The Kier molecular flexibility index (Phi) is 10.6. The van der Waals surface area contributed by atoms with Gasteiger partial charge in [-0.25, -0.2) is 0 Å². The summed E-state index contributed by atoms with van der Waals surface area (Å²) >= 11 is 0. The molecule has 2 aliphatic heterocycles. The molecule has 0 spiro atoms. The van der Waals surface area contributed by atoms with Crippen LogP contribution < -0.4 is 15.5 Å². The van der Waals surface area contributed by atoms with Crippen LogP contribution in [0.25, 0.3) is 0 Å². The van der Waals surface area contributed by atoms with E-state index in [2.05, 4.69) is 10.6 Å². The third kappa shape index (κ3) is 7.42. The van der Waals surface area contributed by atoms with Crippen LogP contribution in [0.4, 0.5) is 17.1 Å². The lowest BCUT2D eigenvalue weighted by Crippen LogP contribution is -2.46. The third-order valence-electron chi connectivity index (χ3n) is 9.09. The number of hydrogen-bond acceptors (Lipinski definition) is 8. The maximum atomic E-state index is 14.2. The van der Waals surface area contributed by atoms with Gasteiger partial charge in [-0.1, -0.05) is 55.5 Å². The summed E-state index contributed by atoms with van der Waals surface area (Å²) in [6, 6.07) is 18.9. The molecule has 0 saturated carbocycles. The van der Waals surface area contributed by atoms with Crippen molar-refractivity contribution >= 4 is 40.7 Å². The van der Waals surface area contributed by atoms with Crippen molar-refractivity contribution in [1.82, 2.24) is 4.90 Å². The Morgan fingerprint density at radius 3 is 2.22 bits per heavy atom. The smallest absolute Gasteiger partial charge is 0.264 e. The first-order chi connectivity index (χ1) is 23.3. The van der Waals surface area contributed by atoms with Crippen molar-refractivity contribution in [3.8, 4) is 0 Å². The molecule has 12 heteroatoms. The van der Waals surface area contributed by atoms with Gasteiger partial charge in [-0.05, 0) is 67.3 Å². The quantitative estimate of drug-likeness (QED) is 0.169. The molecule has 2 aliphatic rings. The number of carbonyl (C=O) groups excluding carboxylic acids is 4. The monoisotopic (exact) mass is 670 g/mol. The van der Waals surface area contributed by atoms with E-state index < -0.39 is 41.4 Å². The lowest BCUT2D eigenvalue weighted by Gasteiger charge is -2.36. The van der Waals surface area contributed by atoms with E-state index in [0.29, 0.717) is 29.9 Å². The van der Waals surface area contributed by atoms with Gasteiger partial charge < -0.3 is 40.9 Å². The molecule has 4 amide bonds. The van der Waals surface area contributed by atoms with Crippen molar-refractivity contribution in [3.05, 3.63) is 101 Å². The molecule has 6 N–H and O–H groups in total. The summed E-state index contributed by atoms with van der Waals surface area (Å²) in [5.74, 6) is -2.90. The molecule has 5 rings (SSSR count).